The molecule has 0 aliphatic carbocycles. The van der Waals surface area contributed by atoms with E-state index >= 15 is 0 Å². The van der Waals surface area contributed by atoms with Gasteiger partial charge in [0.05, 0.1) is 22.8 Å². The minimum Gasteiger partial charge on any atom is -0.383 e. The predicted molar refractivity (Wildman–Crippen MR) is 136 cm³/mol. The fourth-order valence-corrected chi connectivity index (χ4v) is 5.20. The van der Waals surface area contributed by atoms with Crippen LogP contribution in [0, 0.1) is 0 Å². The molecule has 1 aliphatic rings. The van der Waals surface area contributed by atoms with Crippen molar-refractivity contribution in [2.45, 2.75) is 25.8 Å². The van der Waals surface area contributed by atoms with Gasteiger partial charge in [-0.15, -0.1) is 0 Å². The first kappa shape index (κ1) is 24.4. The van der Waals surface area contributed by atoms with Gasteiger partial charge in [-0.2, -0.15) is 5.10 Å². The highest BCUT2D eigenvalue weighted by molar-refractivity contribution is 7.91. The number of nitrogens with zero attached hydrogens (tertiary/aromatic N) is 4. The molecular weight excluding hydrogens is 436 g/mol. The van der Waals surface area contributed by atoms with Crippen LogP contribution >= 0.6 is 0 Å². The van der Waals surface area contributed by atoms with E-state index in [2.05, 4.69) is 27.4 Å². The van der Waals surface area contributed by atoms with Gasteiger partial charge in [-0.1, -0.05) is 30.9 Å². The molecule has 0 saturated carbocycles. The van der Waals surface area contributed by atoms with Gasteiger partial charge in [0.25, 0.3) is 0 Å². The van der Waals surface area contributed by atoms with Gasteiger partial charge in [0.15, 0.2) is 5.82 Å². The molecule has 1 aromatic carbocycles. The highest BCUT2D eigenvalue weighted by Crippen LogP contribution is 2.26. The molecule has 1 aromatic heterocycles. The number of rotatable bonds is 8. The van der Waals surface area contributed by atoms with Gasteiger partial charge in [0.2, 0.25) is 0 Å². The summed E-state index contributed by atoms with van der Waals surface area (Å²) in [6.45, 7) is 5.82. The van der Waals surface area contributed by atoms with E-state index in [1.54, 1.807) is 13.2 Å². The summed E-state index contributed by atoms with van der Waals surface area (Å²) in [5.74, 6) is 1.61. The van der Waals surface area contributed by atoms with E-state index in [1.807, 2.05) is 62.5 Å². The number of benzene rings is 1. The van der Waals surface area contributed by atoms with Crippen LogP contribution in [0.4, 0.5) is 5.82 Å². The predicted octanol–water partition coefficient (Wildman–Crippen LogP) is 3.16. The van der Waals surface area contributed by atoms with Crippen LogP contribution in [-0.2, 0) is 9.84 Å². The Labute approximate surface area is 196 Å². The van der Waals surface area contributed by atoms with Crippen LogP contribution < -0.4 is 10.7 Å². The Morgan fingerprint density at radius 2 is 2.00 bits per heavy atom. The fourth-order valence-electron chi connectivity index (χ4n) is 3.71. The van der Waals surface area contributed by atoms with E-state index in [1.165, 1.54) is 0 Å². The maximum Gasteiger partial charge on any atom is 0.161 e. The van der Waals surface area contributed by atoms with E-state index in [9.17, 15) is 8.42 Å². The van der Waals surface area contributed by atoms with Crippen LogP contribution in [0.1, 0.15) is 30.9 Å². The summed E-state index contributed by atoms with van der Waals surface area (Å²) < 4.78 is 23.7. The maximum absolute atomic E-state index is 11.8. The Bertz CT molecular complexity index is 1160. The van der Waals surface area contributed by atoms with Crippen molar-refractivity contribution in [2.24, 2.45) is 5.10 Å². The average molecular weight is 469 g/mol. The second-order valence-corrected chi connectivity index (χ2v) is 10.6. The largest absolute Gasteiger partial charge is 0.383 e. The smallest absolute Gasteiger partial charge is 0.161 e. The summed E-state index contributed by atoms with van der Waals surface area (Å²) in [4.78, 5) is 11.4. The first-order valence-electron chi connectivity index (χ1n) is 10.9. The lowest BCUT2D eigenvalue weighted by Crippen LogP contribution is -2.33. The van der Waals surface area contributed by atoms with E-state index in [0.717, 1.165) is 28.0 Å². The van der Waals surface area contributed by atoms with Crippen molar-refractivity contribution in [2.75, 3.05) is 38.0 Å². The zero-order valence-corrected chi connectivity index (χ0v) is 20.5. The zero-order valence-electron chi connectivity index (χ0n) is 19.7. The van der Waals surface area contributed by atoms with Crippen molar-refractivity contribution in [3.05, 3.63) is 60.4 Å². The van der Waals surface area contributed by atoms with Gasteiger partial charge < -0.3 is 15.6 Å². The van der Waals surface area contributed by atoms with E-state index in [-0.39, 0.29) is 17.5 Å². The third-order valence-electron chi connectivity index (χ3n) is 5.42. The van der Waals surface area contributed by atoms with Crippen molar-refractivity contribution in [1.29, 1.82) is 0 Å². The highest BCUT2D eigenvalue weighted by atomic mass is 32.2. The lowest BCUT2D eigenvalue weighted by molar-refractivity contribution is 0.559. The number of hydrazone groups is 1. The van der Waals surface area contributed by atoms with Gasteiger partial charge in [-0.3, -0.25) is 0 Å². The molecule has 33 heavy (non-hydrogen) atoms. The van der Waals surface area contributed by atoms with E-state index in [0.29, 0.717) is 24.5 Å². The topological polar surface area (TPSA) is 99.6 Å². The minimum absolute atomic E-state index is 0.0270. The number of allylic oxidation sites excluding steroid dienone is 2. The molecule has 0 unspecified atom stereocenters. The number of hydrogen-bond acceptors (Lipinski definition) is 8. The summed E-state index contributed by atoms with van der Waals surface area (Å²) >= 11 is 0. The first-order chi connectivity index (χ1) is 15.7. The van der Waals surface area contributed by atoms with Crippen LogP contribution in [0.15, 0.2) is 54.4 Å². The summed E-state index contributed by atoms with van der Waals surface area (Å²) in [5, 5.41) is 7.73. The molecule has 176 valence electrons. The van der Waals surface area contributed by atoms with Gasteiger partial charge in [0.1, 0.15) is 15.7 Å². The molecule has 0 amide bonds. The van der Waals surface area contributed by atoms with E-state index in [4.69, 9.17) is 4.98 Å². The number of hydrogen-bond donors (Lipinski definition) is 2. The zero-order chi connectivity index (χ0) is 24.0. The fraction of sp³-hybridized carbons (Fsp3) is 0.375. The summed E-state index contributed by atoms with van der Waals surface area (Å²) in [6.07, 6.45) is 6.70. The molecule has 0 spiro atoms. The molecule has 0 atom stereocenters. The van der Waals surface area contributed by atoms with Gasteiger partial charge in [0, 0.05) is 45.1 Å². The molecule has 2 heterocycles. The molecular formula is C24H32N6O2S. The molecule has 3 rings (SSSR count). The summed E-state index contributed by atoms with van der Waals surface area (Å²) in [7, 11) is 2.74. The lowest BCUT2D eigenvalue weighted by Gasteiger charge is -2.24. The Kier molecular flexibility index (Phi) is 7.86. The Hall–Kier alpha value is -3.20. The molecule has 1 saturated heterocycles. The first-order valence-corrected chi connectivity index (χ1v) is 12.7. The second kappa shape index (κ2) is 10.6. The summed E-state index contributed by atoms with van der Waals surface area (Å²) in [5.41, 5.74) is 7.21. The van der Waals surface area contributed by atoms with Gasteiger partial charge in [-0.25, -0.2) is 18.4 Å². The third kappa shape index (κ3) is 6.41. The molecule has 8 nitrogen and oxygen atoms in total. The Morgan fingerprint density at radius 1 is 1.27 bits per heavy atom. The average Bonchev–Trinajstić information content (AvgIpc) is 2.79. The second-order valence-electron chi connectivity index (χ2n) is 8.28. The monoisotopic (exact) mass is 468 g/mol. The number of nitrogens with one attached hydrogen (secondary N) is 2. The number of anilines is 1. The number of aromatic nitrogens is 2. The van der Waals surface area contributed by atoms with Crippen LogP contribution in [0.5, 0.6) is 0 Å². The maximum atomic E-state index is 11.8. The standard InChI is InChI=1S/C24H32N6O2S/c1-6-18(16-30(4)5)19-8-7-9-20(14-19)23-26-15-22(17(2)29-25-3)24(28-23)27-21-10-12-33(31,32)13-11-21/h6-9,14-16,21,25H,1,10-13H2,2-5H3,(H,26,27,28)/b18-16+,29-17+. The van der Waals surface area contributed by atoms with Crippen molar-refractivity contribution in [3.63, 3.8) is 0 Å². The quantitative estimate of drug-likeness (QED) is 0.349. The molecule has 2 N–H and O–H groups in total. The Morgan fingerprint density at radius 3 is 2.64 bits per heavy atom. The molecule has 0 radical (unpaired) electrons. The van der Waals surface area contributed by atoms with Crippen LogP contribution in [0.2, 0.25) is 0 Å². The van der Waals surface area contributed by atoms with Crippen molar-refractivity contribution >= 4 is 26.9 Å². The third-order valence-corrected chi connectivity index (χ3v) is 7.14. The van der Waals surface area contributed by atoms with Crippen LogP contribution in [-0.4, -0.2) is 67.7 Å². The lowest BCUT2D eigenvalue weighted by atomic mass is 10.0. The number of sulfone groups is 1. The molecule has 1 fully saturated rings. The molecule has 2 aromatic rings. The van der Waals surface area contributed by atoms with Crippen LogP contribution in [0.25, 0.3) is 17.0 Å². The molecule has 9 heteroatoms. The van der Waals surface area contributed by atoms with Gasteiger partial charge >= 0.3 is 0 Å². The van der Waals surface area contributed by atoms with E-state index < -0.39 is 9.84 Å². The SMILES string of the molecule is C=C/C(=C\N(C)C)c1cccc(-c2ncc(/C(C)=N/NC)c(NC3CCS(=O)(=O)CC3)n2)c1. The van der Waals surface area contributed by atoms with Crippen molar-refractivity contribution in [3.8, 4) is 11.4 Å². The molecule has 0 bridgehead atoms. The van der Waals surface area contributed by atoms with Gasteiger partial charge in [-0.05, 0) is 37.0 Å². The summed E-state index contributed by atoms with van der Waals surface area (Å²) in [6, 6.07) is 8.04. The van der Waals surface area contributed by atoms with Crippen molar-refractivity contribution in [1.82, 2.24) is 20.3 Å². The normalized spacial score (nSPS) is 16.8. The highest BCUT2D eigenvalue weighted by Gasteiger charge is 2.25. The molecule has 1 aliphatic heterocycles. The minimum atomic E-state index is -2.94. The Balaban J connectivity index is 1.99. The van der Waals surface area contributed by atoms with Crippen LogP contribution in [0.3, 0.4) is 0 Å². The van der Waals surface area contributed by atoms with Crippen molar-refractivity contribution < 1.29 is 8.42 Å².